The number of hydrogen-bond donors (Lipinski definition) is 3. The number of nitrogen functional groups attached to an aromatic ring is 1. The Hall–Kier alpha value is -1.40. The molecule has 1 aromatic rings. The normalized spacial score (nSPS) is 11.9. The average molecular weight is 269 g/mol. The number of nitrogens with one attached hydrogen (secondary N) is 1. The highest BCUT2D eigenvalue weighted by Gasteiger charge is 2.12. The van der Waals surface area contributed by atoms with Gasteiger partial charge in [-0.1, -0.05) is 6.92 Å². The van der Waals surface area contributed by atoms with Gasteiger partial charge < -0.3 is 10.5 Å². The molecule has 5 N–H and O–H groups in total. The van der Waals surface area contributed by atoms with Crippen molar-refractivity contribution in [2.24, 2.45) is 5.84 Å². The summed E-state index contributed by atoms with van der Waals surface area (Å²) in [6, 6.07) is 5.53. The fourth-order valence-corrected chi connectivity index (χ4v) is 2.51. The predicted octanol–water partition coefficient (Wildman–Crippen LogP) is 1.53. The van der Waals surface area contributed by atoms with E-state index in [1.165, 1.54) is 11.8 Å². The van der Waals surface area contributed by atoms with Gasteiger partial charge in [-0.15, -0.1) is 11.8 Å². The summed E-state index contributed by atoms with van der Waals surface area (Å²) in [5.41, 5.74) is 8.70. The molecule has 0 aliphatic rings. The van der Waals surface area contributed by atoms with Crippen molar-refractivity contribution in [2.45, 2.75) is 30.4 Å². The maximum absolute atomic E-state index is 11.2. The molecule has 1 aromatic carbocycles. The van der Waals surface area contributed by atoms with E-state index in [1.54, 1.807) is 0 Å². The first-order valence-corrected chi connectivity index (χ1v) is 6.63. The number of thioether (sulfide) groups is 1. The van der Waals surface area contributed by atoms with E-state index in [1.807, 2.05) is 32.0 Å². The molecule has 0 fully saturated rings. The van der Waals surface area contributed by atoms with Gasteiger partial charge in [-0.3, -0.25) is 10.2 Å². The molecule has 1 atom stereocenters. The lowest BCUT2D eigenvalue weighted by molar-refractivity contribution is -0.121. The predicted molar refractivity (Wildman–Crippen MR) is 74.3 cm³/mol. The highest BCUT2D eigenvalue weighted by Crippen LogP contribution is 2.33. The Bertz CT molecular complexity index is 412. The van der Waals surface area contributed by atoms with Gasteiger partial charge in [0.15, 0.2) is 0 Å². The van der Waals surface area contributed by atoms with Crippen LogP contribution in [-0.2, 0) is 4.79 Å². The monoisotopic (exact) mass is 269 g/mol. The molecule has 0 saturated carbocycles. The van der Waals surface area contributed by atoms with Crippen molar-refractivity contribution in [3.63, 3.8) is 0 Å². The van der Waals surface area contributed by atoms with E-state index >= 15 is 0 Å². The molecule has 0 aliphatic carbocycles. The van der Waals surface area contributed by atoms with Gasteiger partial charge in [-0.05, 0) is 25.1 Å². The van der Waals surface area contributed by atoms with E-state index in [2.05, 4.69) is 5.43 Å². The highest BCUT2D eigenvalue weighted by atomic mass is 32.2. The van der Waals surface area contributed by atoms with Gasteiger partial charge in [-0.2, -0.15) is 0 Å². The molecule has 6 heteroatoms. The Labute approximate surface area is 111 Å². The second-order valence-corrected chi connectivity index (χ2v) is 5.31. The lowest BCUT2D eigenvalue weighted by Gasteiger charge is -2.13. The Morgan fingerprint density at radius 3 is 2.89 bits per heavy atom. The van der Waals surface area contributed by atoms with Crippen LogP contribution in [0.5, 0.6) is 5.75 Å². The minimum Gasteiger partial charge on any atom is -0.494 e. The molecule has 0 bridgehead atoms. The number of hydrogen-bond acceptors (Lipinski definition) is 5. The van der Waals surface area contributed by atoms with Crippen molar-refractivity contribution in [1.29, 1.82) is 0 Å². The zero-order valence-electron chi connectivity index (χ0n) is 10.6. The smallest absolute Gasteiger partial charge is 0.234 e. The van der Waals surface area contributed by atoms with E-state index in [0.29, 0.717) is 18.7 Å². The minimum atomic E-state index is -0.186. The average Bonchev–Trinajstić information content (AvgIpc) is 2.33. The number of carbonyl (C=O) groups is 1. The van der Waals surface area contributed by atoms with Crippen LogP contribution in [-0.4, -0.2) is 17.8 Å². The second kappa shape index (κ2) is 7.13. The lowest BCUT2D eigenvalue weighted by atomic mass is 10.3. The molecule has 0 spiro atoms. The van der Waals surface area contributed by atoms with Crippen molar-refractivity contribution in [1.82, 2.24) is 5.43 Å². The van der Waals surface area contributed by atoms with Crippen LogP contribution in [0.2, 0.25) is 0 Å². The third kappa shape index (κ3) is 4.46. The fourth-order valence-electron chi connectivity index (χ4n) is 1.45. The quantitative estimate of drug-likeness (QED) is 0.239. The summed E-state index contributed by atoms with van der Waals surface area (Å²) in [4.78, 5) is 12.1. The van der Waals surface area contributed by atoms with E-state index in [9.17, 15) is 4.79 Å². The van der Waals surface area contributed by atoms with Gasteiger partial charge in [0.1, 0.15) is 5.75 Å². The first-order valence-electron chi connectivity index (χ1n) is 5.75. The Kier molecular flexibility index (Phi) is 5.80. The third-order valence-corrected chi connectivity index (χ3v) is 3.43. The number of hydrazine groups is 1. The zero-order chi connectivity index (χ0) is 13.5. The van der Waals surface area contributed by atoms with E-state index < -0.39 is 0 Å². The number of rotatable bonds is 6. The van der Waals surface area contributed by atoms with Crippen LogP contribution in [0.1, 0.15) is 20.3 Å². The SMILES string of the molecule is CCOc1ccc(N)c(SC(C)CC(=O)NN)c1. The zero-order valence-corrected chi connectivity index (χ0v) is 11.4. The topological polar surface area (TPSA) is 90.4 Å². The van der Waals surface area contributed by atoms with E-state index in [4.69, 9.17) is 16.3 Å². The number of benzene rings is 1. The molecule has 1 rings (SSSR count). The first-order chi connectivity index (χ1) is 8.56. The molecule has 0 aromatic heterocycles. The Balaban J connectivity index is 2.70. The van der Waals surface area contributed by atoms with Crippen LogP contribution in [0.3, 0.4) is 0 Å². The van der Waals surface area contributed by atoms with Crippen molar-refractivity contribution in [2.75, 3.05) is 12.3 Å². The Morgan fingerprint density at radius 2 is 2.28 bits per heavy atom. The number of nitrogens with two attached hydrogens (primary N) is 2. The van der Waals surface area contributed by atoms with Crippen LogP contribution in [0.25, 0.3) is 0 Å². The van der Waals surface area contributed by atoms with Gasteiger partial charge in [0.05, 0.1) is 6.61 Å². The van der Waals surface area contributed by atoms with Crippen LogP contribution in [0.4, 0.5) is 5.69 Å². The molecular formula is C12H19N3O2S. The van der Waals surface area contributed by atoms with Crippen LogP contribution < -0.4 is 21.7 Å². The molecule has 0 radical (unpaired) electrons. The largest absolute Gasteiger partial charge is 0.494 e. The van der Waals surface area contributed by atoms with Gasteiger partial charge in [0.25, 0.3) is 0 Å². The van der Waals surface area contributed by atoms with Crippen molar-refractivity contribution in [3.05, 3.63) is 18.2 Å². The van der Waals surface area contributed by atoms with Gasteiger partial charge >= 0.3 is 0 Å². The highest BCUT2D eigenvalue weighted by molar-refractivity contribution is 8.00. The number of ether oxygens (including phenoxy) is 1. The summed E-state index contributed by atoms with van der Waals surface area (Å²) < 4.78 is 5.42. The van der Waals surface area contributed by atoms with Gasteiger partial charge in [0.2, 0.25) is 5.91 Å². The van der Waals surface area contributed by atoms with Crippen molar-refractivity contribution < 1.29 is 9.53 Å². The summed E-state index contributed by atoms with van der Waals surface area (Å²) in [6.07, 6.45) is 0.347. The van der Waals surface area contributed by atoms with E-state index in [-0.39, 0.29) is 11.2 Å². The molecule has 0 aliphatic heterocycles. The molecule has 100 valence electrons. The summed E-state index contributed by atoms with van der Waals surface area (Å²) in [5, 5.41) is 0.0905. The molecule has 1 amide bonds. The second-order valence-electron chi connectivity index (χ2n) is 3.83. The Morgan fingerprint density at radius 1 is 1.56 bits per heavy atom. The van der Waals surface area contributed by atoms with Gasteiger partial charge in [-0.25, -0.2) is 5.84 Å². The van der Waals surface area contributed by atoms with Crippen molar-refractivity contribution in [3.8, 4) is 5.75 Å². The maximum atomic E-state index is 11.2. The van der Waals surface area contributed by atoms with Crippen molar-refractivity contribution >= 4 is 23.4 Å². The molecule has 0 saturated heterocycles. The lowest BCUT2D eigenvalue weighted by Crippen LogP contribution is -2.31. The van der Waals surface area contributed by atoms with Crippen LogP contribution in [0, 0.1) is 0 Å². The molecular weight excluding hydrogens is 250 g/mol. The third-order valence-electron chi connectivity index (χ3n) is 2.26. The van der Waals surface area contributed by atoms with E-state index in [0.717, 1.165) is 10.6 Å². The van der Waals surface area contributed by atoms with Gasteiger partial charge in [0, 0.05) is 22.3 Å². The standard InChI is InChI=1S/C12H19N3O2S/c1-3-17-9-4-5-10(13)11(7-9)18-8(2)6-12(16)15-14/h4-5,7-8H,3,6,13-14H2,1-2H3,(H,15,16). The molecule has 1 unspecified atom stereocenters. The summed E-state index contributed by atoms with van der Waals surface area (Å²) in [5.74, 6) is 5.65. The first kappa shape index (κ1) is 14.7. The van der Waals surface area contributed by atoms with Crippen LogP contribution >= 0.6 is 11.8 Å². The molecule has 5 nitrogen and oxygen atoms in total. The maximum Gasteiger partial charge on any atom is 0.234 e. The van der Waals surface area contributed by atoms with Crippen LogP contribution in [0.15, 0.2) is 23.1 Å². The molecule has 0 heterocycles. The summed E-state index contributed by atoms with van der Waals surface area (Å²) in [6.45, 7) is 4.49. The number of carbonyl (C=O) groups excluding carboxylic acids is 1. The summed E-state index contributed by atoms with van der Waals surface area (Å²) in [7, 11) is 0. The fraction of sp³-hybridized carbons (Fsp3) is 0.417. The minimum absolute atomic E-state index is 0.0905. The molecule has 18 heavy (non-hydrogen) atoms. The number of anilines is 1. The summed E-state index contributed by atoms with van der Waals surface area (Å²) >= 11 is 1.53. The number of amides is 1.